The van der Waals surface area contributed by atoms with Crippen molar-refractivity contribution in [1.29, 1.82) is 5.41 Å². The van der Waals surface area contributed by atoms with Crippen LogP contribution in [0.25, 0.3) is 0 Å². The predicted molar refractivity (Wildman–Crippen MR) is 43.1 cm³/mol. The first-order valence-electron chi connectivity index (χ1n) is 3.09. The highest BCUT2D eigenvalue weighted by molar-refractivity contribution is 5.82. The molecule has 0 radical (unpaired) electrons. The van der Waals surface area contributed by atoms with E-state index in [-0.39, 0.29) is 0 Å². The maximum absolute atomic E-state index is 6.93. The molecule has 0 unspecified atom stereocenters. The minimum Gasteiger partial charge on any atom is -0.481 e. The lowest BCUT2D eigenvalue weighted by Gasteiger charge is -2.01. The van der Waals surface area contributed by atoms with E-state index in [1.807, 2.05) is 0 Å². The molecular formula is C7H9N3O. The second-order valence-corrected chi connectivity index (χ2v) is 1.97. The van der Waals surface area contributed by atoms with E-state index in [4.69, 9.17) is 15.9 Å². The fraction of sp³-hybridized carbons (Fsp3) is 0.143. The molecule has 0 saturated heterocycles. The first kappa shape index (κ1) is 7.53. The zero-order chi connectivity index (χ0) is 8.27. The van der Waals surface area contributed by atoms with Crippen LogP contribution in [0, 0.1) is 5.41 Å². The highest BCUT2D eigenvalue weighted by Crippen LogP contribution is 2.11. The predicted octanol–water partition coefficient (Wildman–Crippen LogP) is 0.670. The third-order valence-electron chi connectivity index (χ3n) is 1.28. The van der Waals surface area contributed by atoms with Crippen LogP contribution in [0.1, 0.15) is 5.69 Å². The Morgan fingerprint density at radius 3 is 2.91 bits per heavy atom. The van der Waals surface area contributed by atoms with Gasteiger partial charge in [0, 0.05) is 12.3 Å². The molecule has 1 heterocycles. The van der Waals surface area contributed by atoms with Gasteiger partial charge in [0.2, 0.25) is 5.88 Å². The molecule has 0 amide bonds. The third-order valence-corrected chi connectivity index (χ3v) is 1.28. The van der Waals surface area contributed by atoms with Gasteiger partial charge in [-0.15, -0.1) is 0 Å². The van der Waals surface area contributed by atoms with Gasteiger partial charge >= 0.3 is 0 Å². The largest absolute Gasteiger partial charge is 0.481 e. The number of nitrogen functional groups attached to an aromatic ring is 1. The normalized spacial score (nSPS) is 9.18. The van der Waals surface area contributed by atoms with Crippen molar-refractivity contribution < 1.29 is 4.74 Å². The van der Waals surface area contributed by atoms with Crippen LogP contribution >= 0.6 is 0 Å². The minimum absolute atomic E-state index is 0.435. The highest BCUT2D eigenvalue weighted by atomic mass is 16.5. The molecule has 1 aromatic heterocycles. The Bertz CT molecular complexity index is 272. The number of rotatable bonds is 2. The van der Waals surface area contributed by atoms with Crippen LogP contribution < -0.4 is 10.5 Å². The van der Waals surface area contributed by atoms with Gasteiger partial charge in [0.25, 0.3) is 0 Å². The van der Waals surface area contributed by atoms with Crippen molar-refractivity contribution in [3.63, 3.8) is 0 Å². The monoisotopic (exact) mass is 151 g/mol. The lowest BCUT2D eigenvalue weighted by atomic mass is 10.3. The molecule has 4 nitrogen and oxygen atoms in total. The molecular weight excluding hydrogens is 142 g/mol. The highest BCUT2D eigenvalue weighted by Gasteiger charge is 1.98. The molecule has 0 saturated carbocycles. The Hall–Kier alpha value is -1.58. The summed E-state index contributed by atoms with van der Waals surface area (Å²) in [5.74, 6) is 0.470. The molecule has 0 aliphatic rings. The average Bonchev–Trinajstić information content (AvgIpc) is 2.05. The summed E-state index contributed by atoms with van der Waals surface area (Å²) in [5.41, 5.74) is 6.41. The van der Waals surface area contributed by atoms with Crippen LogP contribution in [0.4, 0.5) is 5.69 Å². The van der Waals surface area contributed by atoms with Gasteiger partial charge in [-0.3, -0.25) is 0 Å². The van der Waals surface area contributed by atoms with Crippen LogP contribution in [-0.2, 0) is 0 Å². The Kier molecular flexibility index (Phi) is 2.06. The SMILES string of the molecule is COc1ccc(N)c(C=N)n1. The first-order valence-corrected chi connectivity index (χ1v) is 3.09. The quantitative estimate of drug-likeness (QED) is 0.610. The summed E-state index contributed by atoms with van der Waals surface area (Å²) in [6.07, 6.45) is 1.10. The summed E-state index contributed by atoms with van der Waals surface area (Å²) in [4.78, 5) is 3.92. The Morgan fingerprint density at radius 1 is 1.64 bits per heavy atom. The van der Waals surface area contributed by atoms with E-state index in [9.17, 15) is 0 Å². The van der Waals surface area contributed by atoms with E-state index >= 15 is 0 Å². The molecule has 0 spiro atoms. The second kappa shape index (κ2) is 3.01. The lowest BCUT2D eigenvalue weighted by Crippen LogP contribution is -1.98. The summed E-state index contributed by atoms with van der Waals surface area (Å²) in [5, 5.41) is 6.93. The molecule has 3 N–H and O–H groups in total. The topological polar surface area (TPSA) is 72.0 Å². The van der Waals surface area contributed by atoms with E-state index in [1.54, 1.807) is 12.1 Å². The smallest absolute Gasteiger partial charge is 0.213 e. The molecule has 4 heteroatoms. The van der Waals surface area contributed by atoms with Gasteiger partial charge in [-0.2, -0.15) is 0 Å². The summed E-state index contributed by atoms with van der Waals surface area (Å²) >= 11 is 0. The van der Waals surface area contributed by atoms with Crippen molar-refractivity contribution in [2.24, 2.45) is 0 Å². The Labute approximate surface area is 64.5 Å². The molecule has 0 atom stereocenters. The molecule has 11 heavy (non-hydrogen) atoms. The maximum Gasteiger partial charge on any atom is 0.213 e. The van der Waals surface area contributed by atoms with Gasteiger partial charge in [0.15, 0.2) is 0 Å². The zero-order valence-corrected chi connectivity index (χ0v) is 6.16. The van der Waals surface area contributed by atoms with Crippen LogP contribution in [0.15, 0.2) is 12.1 Å². The third kappa shape index (κ3) is 1.46. The number of nitrogens with one attached hydrogen (secondary N) is 1. The fourth-order valence-electron chi connectivity index (χ4n) is 0.696. The summed E-state index contributed by atoms with van der Waals surface area (Å²) < 4.78 is 4.84. The Balaban J connectivity index is 3.12. The number of nitrogens with zero attached hydrogens (tertiary/aromatic N) is 1. The van der Waals surface area contributed by atoms with Gasteiger partial charge in [-0.25, -0.2) is 4.98 Å². The number of ether oxygens (including phenoxy) is 1. The van der Waals surface area contributed by atoms with Crippen molar-refractivity contribution in [2.45, 2.75) is 0 Å². The second-order valence-electron chi connectivity index (χ2n) is 1.97. The van der Waals surface area contributed by atoms with Crippen molar-refractivity contribution >= 4 is 11.9 Å². The number of anilines is 1. The van der Waals surface area contributed by atoms with Crippen molar-refractivity contribution in [3.05, 3.63) is 17.8 Å². The molecule has 1 rings (SSSR count). The van der Waals surface area contributed by atoms with E-state index in [0.717, 1.165) is 6.21 Å². The molecule has 0 fully saturated rings. The molecule has 0 bridgehead atoms. The fourth-order valence-corrected chi connectivity index (χ4v) is 0.696. The van der Waals surface area contributed by atoms with Gasteiger partial charge in [0.05, 0.1) is 12.8 Å². The van der Waals surface area contributed by atoms with E-state index < -0.39 is 0 Å². The number of nitrogens with two attached hydrogens (primary N) is 1. The van der Waals surface area contributed by atoms with Crippen molar-refractivity contribution in [2.75, 3.05) is 12.8 Å². The number of pyridine rings is 1. The number of hydrogen-bond acceptors (Lipinski definition) is 4. The lowest BCUT2D eigenvalue weighted by molar-refractivity contribution is 0.398. The molecule has 0 aliphatic heterocycles. The van der Waals surface area contributed by atoms with Crippen LogP contribution in [0.5, 0.6) is 5.88 Å². The van der Waals surface area contributed by atoms with E-state index in [1.165, 1.54) is 7.11 Å². The van der Waals surface area contributed by atoms with Gasteiger partial charge in [0.1, 0.15) is 5.69 Å². The molecule has 1 aromatic rings. The van der Waals surface area contributed by atoms with Gasteiger partial charge in [-0.05, 0) is 6.07 Å². The van der Waals surface area contributed by atoms with Crippen molar-refractivity contribution in [1.82, 2.24) is 4.98 Å². The first-order chi connectivity index (χ1) is 5.27. The van der Waals surface area contributed by atoms with E-state index in [2.05, 4.69) is 4.98 Å². The van der Waals surface area contributed by atoms with Crippen LogP contribution in [-0.4, -0.2) is 18.3 Å². The summed E-state index contributed by atoms with van der Waals surface area (Å²) in [6, 6.07) is 3.31. The maximum atomic E-state index is 6.93. The standard InChI is InChI=1S/C7H9N3O/c1-11-7-3-2-5(9)6(4-8)10-7/h2-4,8H,9H2,1H3. The van der Waals surface area contributed by atoms with E-state index in [0.29, 0.717) is 17.3 Å². The molecule has 0 aromatic carbocycles. The zero-order valence-electron chi connectivity index (χ0n) is 6.16. The van der Waals surface area contributed by atoms with Gasteiger partial charge in [-0.1, -0.05) is 0 Å². The summed E-state index contributed by atoms with van der Waals surface area (Å²) in [6.45, 7) is 0. The van der Waals surface area contributed by atoms with Gasteiger partial charge < -0.3 is 15.9 Å². The number of aromatic nitrogens is 1. The average molecular weight is 151 g/mol. The van der Waals surface area contributed by atoms with Crippen molar-refractivity contribution in [3.8, 4) is 5.88 Å². The minimum atomic E-state index is 0.435. The van der Waals surface area contributed by atoms with Crippen LogP contribution in [0.3, 0.4) is 0 Å². The summed E-state index contributed by atoms with van der Waals surface area (Å²) in [7, 11) is 1.52. The van der Waals surface area contributed by atoms with Crippen LogP contribution in [0.2, 0.25) is 0 Å². The Morgan fingerprint density at radius 2 is 2.36 bits per heavy atom. The molecule has 58 valence electrons. The number of methoxy groups -OCH3 is 1. The molecule has 0 aliphatic carbocycles. The number of hydrogen-bond donors (Lipinski definition) is 2.